The summed E-state index contributed by atoms with van der Waals surface area (Å²) in [6, 6.07) is 6.16. The number of hydrogen-bond acceptors (Lipinski definition) is 4. The number of rotatable bonds is 3. The van der Waals surface area contributed by atoms with Gasteiger partial charge >= 0.3 is 0 Å². The maximum atomic E-state index is 13.2. The summed E-state index contributed by atoms with van der Waals surface area (Å²) < 4.78 is 18.2. The minimum absolute atomic E-state index is 0.363. The van der Waals surface area contributed by atoms with Gasteiger partial charge in [-0.05, 0) is 13.0 Å². The standard InChI is InChI=1S/C12H12FN3O/c1-8-3-12(15-7-14-8)16-10-4-9(13)5-11(6-10)17-2/h3-7H,1-2H3,(H,14,15,16). The maximum Gasteiger partial charge on any atom is 0.133 e. The topological polar surface area (TPSA) is 47.0 Å². The molecule has 88 valence electrons. The van der Waals surface area contributed by atoms with Gasteiger partial charge in [-0.25, -0.2) is 14.4 Å². The van der Waals surface area contributed by atoms with E-state index in [0.717, 1.165) is 5.69 Å². The molecule has 2 aromatic rings. The molecule has 1 heterocycles. The summed E-state index contributed by atoms with van der Waals surface area (Å²) in [5.74, 6) is 0.709. The second-order valence-electron chi connectivity index (χ2n) is 3.55. The van der Waals surface area contributed by atoms with Gasteiger partial charge in [-0.2, -0.15) is 0 Å². The molecule has 0 aliphatic rings. The number of anilines is 2. The monoisotopic (exact) mass is 233 g/mol. The van der Waals surface area contributed by atoms with Crippen LogP contribution in [0.4, 0.5) is 15.9 Å². The van der Waals surface area contributed by atoms with E-state index in [-0.39, 0.29) is 5.82 Å². The van der Waals surface area contributed by atoms with Crippen LogP contribution in [0.3, 0.4) is 0 Å². The highest BCUT2D eigenvalue weighted by Crippen LogP contribution is 2.22. The number of nitrogens with one attached hydrogen (secondary N) is 1. The fourth-order valence-electron chi connectivity index (χ4n) is 1.42. The second-order valence-corrected chi connectivity index (χ2v) is 3.55. The third kappa shape index (κ3) is 2.90. The van der Waals surface area contributed by atoms with Crippen molar-refractivity contribution in [3.63, 3.8) is 0 Å². The van der Waals surface area contributed by atoms with Crippen molar-refractivity contribution in [1.82, 2.24) is 9.97 Å². The fourth-order valence-corrected chi connectivity index (χ4v) is 1.42. The van der Waals surface area contributed by atoms with Crippen molar-refractivity contribution in [1.29, 1.82) is 0 Å². The van der Waals surface area contributed by atoms with Crippen LogP contribution >= 0.6 is 0 Å². The summed E-state index contributed by atoms with van der Waals surface area (Å²) in [7, 11) is 1.49. The lowest BCUT2D eigenvalue weighted by molar-refractivity contribution is 0.411. The Bertz CT molecular complexity index is 531. The zero-order chi connectivity index (χ0) is 12.3. The van der Waals surface area contributed by atoms with E-state index in [1.165, 1.54) is 25.6 Å². The van der Waals surface area contributed by atoms with Crippen molar-refractivity contribution >= 4 is 11.5 Å². The smallest absolute Gasteiger partial charge is 0.133 e. The second kappa shape index (κ2) is 4.78. The van der Waals surface area contributed by atoms with Crippen LogP contribution in [-0.2, 0) is 0 Å². The molecule has 2 rings (SSSR count). The predicted molar refractivity (Wildman–Crippen MR) is 63.0 cm³/mol. The van der Waals surface area contributed by atoms with E-state index in [2.05, 4.69) is 15.3 Å². The molecule has 0 unspecified atom stereocenters. The van der Waals surface area contributed by atoms with Gasteiger partial charge in [-0.15, -0.1) is 0 Å². The van der Waals surface area contributed by atoms with E-state index in [1.807, 2.05) is 6.92 Å². The van der Waals surface area contributed by atoms with E-state index in [9.17, 15) is 4.39 Å². The van der Waals surface area contributed by atoms with E-state index in [0.29, 0.717) is 17.3 Å². The van der Waals surface area contributed by atoms with Gasteiger partial charge in [0.05, 0.1) is 7.11 Å². The van der Waals surface area contributed by atoms with Crippen molar-refractivity contribution < 1.29 is 9.13 Å². The summed E-state index contributed by atoms with van der Waals surface area (Å²) in [6.45, 7) is 1.86. The predicted octanol–water partition coefficient (Wildman–Crippen LogP) is 2.68. The lowest BCUT2D eigenvalue weighted by Gasteiger charge is -2.08. The molecule has 5 heteroatoms. The first-order valence-electron chi connectivity index (χ1n) is 5.07. The molecule has 0 bridgehead atoms. The fraction of sp³-hybridized carbons (Fsp3) is 0.167. The minimum atomic E-state index is -0.363. The molecule has 0 aliphatic heterocycles. The molecule has 0 saturated heterocycles. The highest BCUT2D eigenvalue weighted by atomic mass is 19.1. The molecule has 0 radical (unpaired) electrons. The number of methoxy groups -OCH3 is 1. The van der Waals surface area contributed by atoms with E-state index >= 15 is 0 Å². The number of hydrogen-bond donors (Lipinski definition) is 1. The summed E-state index contributed by atoms with van der Waals surface area (Å²) in [5.41, 5.74) is 1.42. The van der Waals surface area contributed by atoms with Crippen LogP contribution in [0.1, 0.15) is 5.69 Å². The van der Waals surface area contributed by atoms with Crippen molar-refractivity contribution in [2.45, 2.75) is 6.92 Å². The van der Waals surface area contributed by atoms with Gasteiger partial charge in [0.15, 0.2) is 0 Å². The molecule has 0 fully saturated rings. The van der Waals surface area contributed by atoms with Crippen molar-refractivity contribution in [2.24, 2.45) is 0 Å². The van der Waals surface area contributed by atoms with Gasteiger partial charge in [0.25, 0.3) is 0 Å². The van der Waals surface area contributed by atoms with Crippen molar-refractivity contribution in [2.75, 3.05) is 12.4 Å². The van der Waals surface area contributed by atoms with Gasteiger partial charge in [-0.1, -0.05) is 0 Å². The molecule has 0 amide bonds. The molecule has 0 saturated carbocycles. The summed E-state index contributed by atoms with van der Waals surface area (Å²) in [4.78, 5) is 8.02. The summed E-state index contributed by atoms with van der Waals surface area (Å²) >= 11 is 0. The SMILES string of the molecule is COc1cc(F)cc(Nc2cc(C)ncn2)c1. The Morgan fingerprint density at radius 3 is 2.71 bits per heavy atom. The zero-order valence-corrected chi connectivity index (χ0v) is 9.57. The lowest BCUT2D eigenvalue weighted by atomic mass is 10.3. The van der Waals surface area contributed by atoms with Crippen LogP contribution in [-0.4, -0.2) is 17.1 Å². The van der Waals surface area contributed by atoms with Gasteiger partial charge in [0, 0.05) is 29.6 Å². The molecular formula is C12H12FN3O. The van der Waals surface area contributed by atoms with Gasteiger partial charge in [0.2, 0.25) is 0 Å². The van der Waals surface area contributed by atoms with Gasteiger partial charge in [-0.3, -0.25) is 0 Å². The average Bonchev–Trinajstić information content (AvgIpc) is 2.28. The average molecular weight is 233 g/mol. The number of halogens is 1. The van der Waals surface area contributed by atoms with Crippen LogP contribution in [0, 0.1) is 12.7 Å². The van der Waals surface area contributed by atoms with E-state index in [1.54, 1.807) is 12.1 Å². The first-order chi connectivity index (χ1) is 8.17. The maximum absolute atomic E-state index is 13.2. The summed E-state index contributed by atoms with van der Waals surface area (Å²) in [5, 5.41) is 2.99. The highest BCUT2D eigenvalue weighted by Gasteiger charge is 2.02. The molecule has 4 nitrogen and oxygen atoms in total. The third-order valence-corrected chi connectivity index (χ3v) is 2.18. The first-order valence-corrected chi connectivity index (χ1v) is 5.07. The third-order valence-electron chi connectivity index (χ3n) is 2.18. The Balaban J connectivity index is 2.26. The minimum Gasteiger partial charge on any atom is -0.497 e. The quantitative estimate of drug-likeness (QED) is 0.885. The van der Waals surface area contributed by atoms with Crippen LogP contribution in [0.2, 0.25) is 0 Å². The molecule has 1 aromatic carbocycles. The first kappa shape index (κ1) is 11.3. The molecule has 17 heavy (non-hydrogen) atoms. The highest BCUT2D eigenvalue weighted by molar-refractivity contribution is 5.58. The van der Waals surface area contributed by atoms with Crippen LogP contribution in [0.25, 0.3) is 0 Å². The molecular weight excluding hydrogens is 221 g/mol. The molecule has 0 spiro atoms. The van der Waals surface area contributed by atoms with Crippen molar-refractivity contribution in [3.8, 4) is 5.75 Å². The van der Waals surface area contributed by atoms with Gasteiger partial charge < -0.3 is 10.1 Å². The molecule has 0 atom stereocenters. The van der Waals surface area contributed by atoms with Crippen molar-refractivity contribution in [3.05, 3.63) is 42.1 Å². The number of aromatic nitrogens is 2. The van der Waals surface area contributed by atoms with Crippen LogP contribution < -0.4 is 10.1 Å². The lowest BCUT2D eigenvalue weighted by Crippen LogP contribution is -1.96. The Morgan fingerprint density at radius 2 is 2.00 bits per heavy atom. The Kier molecular flexibility index (Phi) is 3.18. The van der Waals surface area contributed by atoms with E-state index in [4.69, 9.17) is 4.74 Å². The number of ether oxygens (including phenoxy) is 1. The normalized spacial score (nSPS) is 10.1. The largest absolute Gasteiger partial charge is 0.497 e. The van der Waals surface area contributed by atoms with Crippen LogP contribution in [0.5, 0.6) is 5.75 Å². The van der Waals surface area contributed by atoms with E-state index < -0.39 is 0 Å². The van der Waals surface area contributed by atoms with Crippen LogP contribution in [0.15, 0.2) is 30.6 Å². The molecule has 1 N–H and O–H groups in total. The number of benzene rings is 1. The summed E-state index contributed by atoms with van der Waals surface area (Å²) in [6.07, 6.45) is 1.45. The Labute approximate surface area is 98.5 Å². The zero-order valence-electron chi connectivity index (χ0n) is 9.57. The Morgan fingerprint density at radius 1 is 1.18 bits per heavy atom. The number of nitrogens with zero attached hydrogens (tertiary/aromatic N) is 2. The number of aryl methyl sites for hydroxylation is 1. The Hall–Kier alpha value is -2.17. The van der Waals surface area contributed by atoms with Gasteiger partial charge in [0.1, 0.15) is 23.7 Å². The molecule has 1 aromatic heterocycles. The molecule has 0 aliphatic carbocycles.